The summed E-state index contributed by atoms with van der Waals surface area (Å²) in [5.74, 6) is 0. The summed E-state index contributed by atoms with van der Waals surface area (Å²) in [6.45, 7) is 0.823. The summed E-state index contributed by atoms with van der Waals surface area (Å²) >= 11 is 0. The Bertz CT molecular complexity index is 266. The average Bonchev–Trinajstić information content (AvgIpc) is 2.05. The third-order valence-electron chi connectivity index (χ3n) is 1.53. The summed E-state index contributed by atoms with van der Waals surface area (Å²) in [6.07, 6.45) is 1.79. The van der Waals surface area contributed by atoms with Crippen LogP contribution < -0.4 is 5.43 Å². The Kier molecular flexibility index (Phi) is 1.17. The van der Waals surface area contributed by atoms with Crippen molar-refractivity contribution in [1.82, 2.24) is 5.43 Å². The predicted octanol–water partition coefficient (Wildman–Crippen LogP) is 0.924. The van der Waals surface area contributed by atoms with Crippen LogP contribution in [-0.4, -0.2) is 6.21 Å². The van der Waals surface area contributed by atoms with Crippen molar-refractivity contribution < 1.29 is 0 Å². The van der Waals surface area contributed by atoms with Gasteiger partial charge in [-0.05, 0) is 11.6 Å². The van der Waals surface area contributed by atoms with Crippen LogP contribution >= 0.6 is 0 Å². The summed E-state index contributed by atoms with van der Waals surface area (Å²) in [6, 6.07) is 9.06. The molecule has 0 aliphatic carbocycles. The number of hydrazone groups is 1. The van der Waals surface area contributed by atoms with Crippen molar-refractivity contribution in [3.8, 4) is 0 Å². The molecule has 1 radical (unpaired) electrons. The zero-order valence-electron chi connectivity index (χ0n) is 5.46. The first-order chi connectivity index (χ1) is 4.97. The van der Waals surface area contributed by atoms with E-state index in [0.29, 0.717) is 0 Å². The fourth-order valence-electron chi connectivity index (χ4n) is 1.000. The normalized spacial score (nSPS) is 14.0. The van der Waals surface area contributed by atoms with Gasteiger partial charge >= 0.3 is 0 Å². The minimum atomic E-state index is 0.823. The Labute approximate surface area is 59.6 Å². The van der Waals surface area contributed by atoms with Crippen molar-refractivity contribution in [3.05, 3.63) is 35.4 Å². The van der Waals surface area contributed by atoms with Crippen LogP contribution in [0.4, 0.5) is 0 Å². The van der Waals surface area contributed by atoms with Gasteiger partial charge in [-0.2, -0.15) is 5.10 Å². The molecule has 2 rings (SSSR count). The SMILES string of the molecule is [c]1cccc2c1C=NNC2. The molecule has 1 aliphatic heterocycles. The Morgan fingerprint density at radius 3 is 3.50 bits per heavy atom. The van der Waals surface area contributed by atoms with Crippen molar-refractivity contribution in [2.75, 3.05) is 0 Å². The van der Waals surface area contributed by atoms with E-state index in [-0.39, 0.29) is 0 Å². The van der Waals surface area contributed by atoms with Gasteiger partial charge in [-0.1, -0.05) is 18.2 Å². The third kappa shape index (κ3) is 0.778. The highest BCUT2D eigenvalue weighted by molar-refractivity contribution is 5.81. The molecule has 0 fully saturated rings. The van der Waals surface area contributed by atoms with Gasteiger partial charge in [-0.3, -0.25) is 0 Å². The number of hydrogen-bond donors (Lipinski definition) is 1. The molecule has 2 heteroatoms. The summed E-state index contributed by atoms with van der Waals surface area (Å²) in [7, 11) is 0. The number of nitrogens with one attached hydrogen (secondary N) is 1. The molecular weight excluding hydrogens is 124 g/mol. The van der Waals surface area contributed by atoms with E-state index in [2.05, 4.69) is 22.7 Å². The summed E-state index contributed by atoms with van der Waals surface area (Å²) in [5.41, 5.74) is 5.25. The highest BCUT2D eigenvalue weighted by Gasteiger charge is 2.01. The molecule has 0 atom stereocenters. The first-order valence-corrected chi connectivity index (χ1v) is 3.22. The number of rotatable bonds is 0. The van der Waals surface area contributed by atoms with E-state index in [9.17, 15) is 0 Å². The molecule has 0 spiro atoms. The van der Waals surface area contributed by atoms with Gasteiger partial charge in [0.05, 0.1) is 12.8 Å². The quantitative estimate of drug-likeness (QED) is 0.556. The molecule has 1 N–H and O–H groups in total. The van der Waals surface area contributed by atoms with Crippen LogP contribution in [0.1, 0.15) is 11.1 Å². The van der Waals surface area contributed by atoms with Crippen molar-refractivity contribution in [2.45, 2.75) is 6.54 Å². The Morgan fingerprint density at radius 2 is 2.60 bits per heavy atom. The lowest BCUT2D eigenvalue weighted by atomic mass is 10.1. The first kappa shape index (κ1) is 5.47. The number of hydrogen-bond acceptors (Lipinski definition) is 2. The minimum absolute atomic E-state index is 0.823. The molecule has 0 saturated carbocycles. The van der Waals surface area contributed by atoms with Gasteiger partial charge in [0.1, 0.15) is 0 Å². The molecule has 2 nitrogen and oxygen atoms in total. The molecular formula is C8H7N2. The fraction of sp³-hybridized carbons (Fsp3) is 0.125. The topological polar surface area (TPSA) is 24.4 Å². The van der Waals surface area contributed by atoms with Crippen LogP contribution in [0.5, 0.6) is 0 Å². The lowest BCUT2D eigenvalue weighted by Crippen LogP contribution is -2.12. The van der Waals surface area contributed by atoms with E-state index in [1.807, 2.05) is 12.1 Å². The number of nitrogens with zero attached hydrogens (tertiary/aromatic N) is 1. The summed E-state index contributed by atoms with van der Waals surface area (Å²) in [5, 5.41) is 3.91. The Morgan fingerprint density at radius 1 is 1.60 bits per heavy atom. The average molecular weight is 131 g/mol. The maximum atomic E-state index is 3.91. The van der Waals surface area contributed by atoms with E-state index >= 15 is 0 Å². The van der Waals surface area contributed by atoms with E-state index in [0.717, 1.165) is 12.1 Å². The van der Waals surface area contributed by atoms with E-state index in [4.69, 9.17) is 0 Å². The maximum absolute atomic E-state index is 3.91. The fourth-order valence-corrected chi connectivity index (χ4v) is 1.000. The van der Waals surface area contributed by atoms with Crippen LogP contribution in [0.2, 0.25) is 0 Å². The Hall–Kier alpha value is -1.31. The second kappa shape index (κ2) is 2.14. The van der Waals surface area contributed by atoms with Gasteiger partial charge in [0, 0.05) is 5.56 Å². The second-order valence-corrected chi connectivity index (χ2v) is 2.20. The lowest BCUT2D eigenvalue weighted by Gasteiger charge is -2.08. The lowest BCUT2D eigenvalue weighted by molar-refractivity contribution is 0.735. The van der Waals surface area contributed by atoms with Gasteiger partial charge in [0.25, 0.3) is 0 Å². The standard InChI is InChI=1S/C8H7N2/c1-2-4-8-6-10-9-5-7(8)3-1/h1-3,6,9H,5H2. The third-order valence-corrected chi connectivity index (χ3v) is 1.53. The highest BCUT2D eigenvalue weighted by Crippen LogP contribution is 2.07. The maximum Gasteiger partial charge on any atom is 0.0586 e. The second-order valence-electron chi connectivity index (χ2n) is 2.20. The van der Waals surface area contributed by atoms with Crippen LogP contribution in [0, 0.1) is 6.07 Å². The van der Waals surface area contributed by atoms with Gasteiger partial charge in [-0.25, -0.2) is 0 Å². The summed E-state index contributed by atoms with van der Waals surface area (Å²) in [4.78, 5) is 0. The van der Waals surface area contributed by atoms with Gasteiger partial charge in [0.15, 0.2) is 0 Å². The predicted molar refractivity (Wildman–Crippen MR) is 39.7 cm³/mol. The van der Waals surface area contributed by atoms with Gasteiger partial charge < -0.3 is 5.43 Å². The highest BCUT2D eigenvalue weighted by atomic mass is 15.3. The largest absolute Gasteiger partial charge is 0.306 e. The summed E-state index contributed by atoms with van der Waals surface area (Å²) < 4.78 is 0. The van der Waals surface area contributed by atoms with Crippen molar-refractivity contribution in [2.24, 2.45) is 5.10 Å². The number of benzene rings is 1. The van der Waals surface area contributed by atoms with Crippen LogP contribution in [0.3, 0.4) is 0 Å². The van der Waals surface area contributed by atoms with Gasteiger partial charge in [0.2, 0.25) is 0 Å². The first-order valence-electron chi connectivity index (χ1n) is 3.22. The van der Waals surface area contributed by atoms with Gasteiger partial charge in [-0.15, -0.1) is 0 Å². The van der Waals surface area contributed by atoms with E-state index in [1.54, 1.807) is 6.21 Å². The van der Waals surface area contributed by atoms with Crippen LogP contribution in [0.15, 0.2) is 23.3 Å². The molecule has 0 amide bonds. The van der Waals surface area contributed by atoms with E-state index in [1.165, 1.54) is 5.56 Å². The van der Waals surface area contributed by atoms with Crippen molar-refractivity contribution in [3.63, 3.8) is 0 Å². The smallest absolute Gasteiger partial charge is 0.0586 e. The molecule has 1 aromatic rings. The zero-order chi connectivity index (χ0) is 6.81. The molecule has 49 valence electrons. The zero-order valence-corrected chi connectivity index (χ0v) is 5.46. The molecule has 0 aromatic heterocycles. The minimum Gasteiger partial charge on any atom is -0.306 e. The molecule has 10 heavy (non-hydrogen) atoms. The van der Waals surface area contributed by atoms with E-state index < -0.39 is 0 Å². The molecule has 1 aliphatic rings. The molecule has 0 saturated heterocycles. The number of fused-ring (bicyclic) bond motifs is 1. The van der Waals surface area contributed by atoms with Crippen molar-refractivity contribution in [1.29, 1.82) is 0 Å². The molecule has 0 bridgehead atoms. The molecule has 1 heterocycles. The van der Waals surface area contributed by atoms with Crippen LogP contribution in [0.25, 0.3) is 0 Å². The van der Waals surface area contributed by atoms with Crippen LogP contribution in [-0.2, 0) is 6.54 Å². The van der Waals surface area contributed by atoms with Crippen molar-refractivity contribution >= 4 is 6.21 Å². The monoisotopic (exact) mass is 131 g/mol. The Balaban J connectivity index is 2.54. The molecule has 0 unspecified atom stereocenters. The molecule has 1 aromatic carbocycles.